The first-order valence-electron chi connectivity index (χ1n) is 24.7. The molecule has 0 aliphatic carbocycles. The van der Waals surface area contributed by atoms with Gasteiger partial charge in [0.15, 0.2) is 0 Å². The summed E-state index contributed by atoms with van der Waals surface area (Å²) in [5, 5.41) is 46.3. The highest BCUT2D eigenvalue weighted by atomic mass is 16.5. The van der Waals surface area contributed by atoms with E-state index in [1.165, 1.54) is 14.7 Å². The second-order valence-corrected chi connectivity index (χ2v) is 18.2. The second kappa shape index (κ2) is 30.3. The van der Waals surface area contributed by atoms with Crippen LogP contribution in [0.5, 0.6) is 0 Å². The molecule has 8 amide bonds. The van der Waals surface area contributed by atoms with Gasteiger partial charge in [-0.2, -0.15) is 0 Å². The van der Waals surface area contributed by atoms with Gasteiger partial charge in [-0.3, -0.25) is 62.6 Å². The average Bonchev–Trinajstić information content (AvgIpc) is 4.18. The smallest absolute Gasteiger partial charge is 0.305 e. The molecule has 0 unspecified atom stereocenters. The maximum Gasteiger partial charge on any atom is 0.305 e. The Kier molecular flexibility index (Phi) is 25.1. The van der Waals surface area contributed by atoms with Crippen LogP contribution in [0.15, 0.2) is 72.8 Å². The molecule has 3 aromatic rings. The number of carboxylic acid groups (broad SMARTS) is 1. The van der Waals surface area contributed by atoms with Gasteiger partial charge in [-0.25, -0.2) is 0 Å². The van der Waals surface area contributed by atoms with Gasteiger partial charge in [0.05, 0.1) is 71.5 Å². The van der Waals surface area contributed by atoms with Crippen molar-refractivity contribution in [1.29, 1.82) is 0 Å². The quantitative estimate of drug-likeness (QED) is 0.0694. The van der Waals surface area contributed by atoms with Gasteiger partial charge in [0.2, 0.25) is 11.8 Å². The normalized spacial score (nSPS) is 18.6. The minimum absolute atomic E-state index is 0. The number of carboxylic acids is 1. The van der Waals surface area contributed by atoms with Gasteiger partial charge in [-0.15, -0.1) is 0 Å². The van der Waals surface area contributed by atoms with Crippen molar-refractivity contribution >= 4 is 65.0 Å². The summed E-state index contributed by atoms with van der Waals surface area (Å²) >= 11 is 0. The van der Waals surface area contributed by atoms with Crippen LogP contribution in [0.2, 0.25) is 0 Å². The van der Waals surface area contributed by atoms with Crippen LogP contribution in [-0.2, 0) is 28.7 Å². The van der Waals surface area contributed by atoms with E-state index >= 15 is 0 Å². The Labute approximate surface area is 447 Å². The number of aliphatic carboxylic acids is 1. The predicted molar refractivity (Wildman–Crippen MR) is 277 cm³/mol. The molecule has 5 N–H and O–H groups in total. The Bertz CT molecular complexity index is 2530. The molecule has 5 aliphatic rings. The number of fused-ring (bicyclic) bond motifs is 3. The summed E-state index contributed by atoms with van der Waals surface area (Å²) in [6.45, 7) is 3.47. The number of ether oxygens (including phenoxy) is 1. The fourth-order valence-electron chi connectivity index (χ4n) is 8.87. The molecule has 3 aromatic carbocycles. The van der Waals surface area contributed by atoms with Crippen molar-refractivity contribution in [3.05, 3.63) is 106 Å². The van der Waals surface area contributed by atoms with Gasteiger partial charge in [-0.1, -0.05) is 57.7 Å². The number of nitrogens with zero attached hydrogens (tertiary/aromatic N) is 5. The van der Waals surface area contributed by atoms with Gasteiger partial charge in [0.1, 0.15) is 18.9 Å². The number of unbranched alkanes of at least 4 members (excludes halogenated alkanes) is 3. The zero-order chi connectivity index (χ0) is 54.9. The molecule has 77 heavy (non-hydrogen) atoms. The Morgan fingerprint density at radius 2 is 0.987 bits per heavy atom. The summed E-state index contributed by atoms with van der Waals surface area (Å²) in [5.74, 6) is -4.50. The van der Waals surface area contributed by atoms with E-state index in [-0.39, 0.29) is 90.2 Å². The highest BCUT2D eigenvalue weighted by Crippen LogP contribution is 2.26. The molecule has 22 heteroatoms. The van der Waals surface area contributed by atoms with Crippen LogP contribution in [0, 0.1) is 5.92 Å². The minimum atomic E-state index is -0.819. The first-order chi connectivity index (χ1) is 35.8. The van der Waals surface area contributed by atoms with Gasteiger partial charge >= 0.3 is 11.9 Å². The van der Waals surface area contributed by atoms with E-state index in [1.807, 2.05) is 0 Å². The Hall–Kier alpha value is -7.53. The Morgan fingerprint density at radius 3 is 1.39 bits per heavy atom. The fourth-order valence-corrected chi connectivity index (χ4v) is 8.87. The number of Topliss-reactive ketones (excluding diaryl/α,β-unsaturated/α-hetero) is 1. The fraction of sp³-hybridized carbons (Fsp3) is 0.473. The maximum absolute atomic E-state index is 12.3. The number of carbonyl (C=O) groups excluding carboxylic acids is 10. The van der Waals surface area contributed by atoms with Crippen LogP contribution in [0.25, 0.3) is 0 Å². The Balaban J connectivity index is 0.000000274. The number of rotatable bonds is 18. The van der Waals surface area contributed by atoms with Crippen molar-refractivity contribution < 1.29 is 83.0 Å². The van der Waals surface area contributed by atoms with Gasteiger partial charge in [-0.05, 0) is 82.3 Å². The molecule has 4 atom stereocenters. The lowest BCUT2D eigenvalue weighted by Gasteiger charge is -2.26. The summed E-state index contributed by atoms with van der Waals surface area (Å²) in [6.07, 6.45) is 3.37. The van der Waals surface area contributed by atoms with E-state index in [1.54, 1.807) is 86.6 Å². The standard InChI is InChI=1S/2C15H16N2O5.C14H15NO4.C9H16O3.2CH4/c18-8-9-5-16(6-12(9)19)13(20)7-17-14(21)10-3-1-2-4-11(10)15(17)22;18-8-11-12(19)5-6-16(11)13(20)7-17-14(21)9-3-1-2-4-10(9)15(17)22;16-12(17)8-2-1-5-9-15-13(18)10-6-3-4-7-11(10)14(15)19;1-3-12-9(11)7-5-4-6-8(2)10;;/h1-4,9,12,18-19H,5-8H2;1-4,11-12,18-19H,5-8H2;3-4,6-7H,1-2,5,8-9H2,(H,16,17);3-7H2,1-2H3;2*1H4/t9-,12-;11-,12-;;;;/m01..../s1. The topological polar surface area (TPSA) is 314 Å². The number of aliphatic hydroxyl groups is 4. The molecule has 0 saturated carbocycles. The molecule has 8 rings (SSSR count). The lowest BCUT2D eigenvalue weighted by atomic mass is 10.1. The van der Waals surface area contributed by atoms with Crippen LogP contribution in [0.4, 0.5) is 0 Å². The van der Waals surface area contributed by atoms with Crippen LogP contribution < -0.4 is 0 Å². The van der Waals surface area contributed by atoms with E-state index in [4.69, 9.17) is 14.9 Å². The Morgan fingerprint density at radius 1 is 0.558 bits per heavy atom. The number of hydrogen-bond donors (Lipinski definition) is 5. The van der Waals surface area contributed by atoms with Gasteiger partial charge in [0, 0.05) is 51.4 Å². The van der Waals surface area contributed by atoms with Crippen LogP contribution in [-0.4, -0.2) is 192 Å². The molecule has 0 radical (unpaired) electrons. The van der Waals surface area contributed by atoms with E-state index in [2.05, 4.69) is 0 Å². The molecule has 2 fully saturated rings. The van der Waals surface area contributed by atoms with Crippen molar-refractivity contribution in [2.24, 2.45) is 5.92 Å². The van der Waals surface area contributed by atoms with E-state index < -0.39 is 59.7 Å². The van der Waals surface area contributed by atoms with Gasteiger partial charge < -0.3 is 44.9 Å². The molecule has 0 aromatic heterocycles. The lowest BCUT2D eigenvalue weighted by molar-refractivity contribution is -0.143. The monoisotopic (exact) mass is 1070 g/mol. The van der Waals surface area contributed by atoms with Crippen LogP contribution >= 0.6 is 0 Å². The van der Waals surface area contributed by atoms with Gasteiger partial charge in [0.25, 0.3) is 35.4 Å². The van der Waals surface area contributed by atoms with Crippen molar-refractivity contribution in [1.82, 2.24) is 24.5 Å². The second-order valence-electron chi connectivity index (χ2n) is 18.2. The predicted octanol–water partition coefficient (Wildman–Crippen LogP) is 3.23. The van der Waals surface area contributed by atoms with E-state index in [0.29, 0.717) is 91.6 Å². The zero-order valence-electron chi connectivity index (χ0n) is 41.8. The van der Waals surface area contributed by atoms with Crippen molar-refractivity contribution in [3.63, 3.8) is 0 Å². The molecular formula is C55H71N5O17. The summed E-state index contributed by atoms with van der Waals surface area (Å²) in [6, 6.07) is 19.0. The SMILES string of the molecule is C.C.CCOC(=O)CCCCC(C)=O.O=C(CN1C(=O)c2ccccc2C1=O)N1C[C@@H](CO)[C@@H](O)C1.O=C(O)CCCCCN1C(=O)c2ccccc2C1=O.O=C1c2ccccc2C(=O)N1CC(=O)N1CC[C@@H](O)[C@H]1CO. The van der Waals surface area contributed by atoms with Crippen LogP contribution in [0.1, 0.15) is 149 Å². The molecular weight excluding hydrogens is 1000 g/mol. The minimum Gasteiger partial charge on any atom is -0.481 e. The molecule has 2 saturated heterocycles. The number of likely N-dealkylation sites (tertiary alicyclic amines) is 2. The number of aliphatic hydroxyl groups excluding tert-OH is 4. The lowest BCUT2D eigenvalue weighted by Crippen LogP contribution is -2.47. The van der Waals surface area contributed by atoms with E-state index in [0.717, 1.165) is 22.6 Å². The maximum atomic E-state index is 12.3. The third kappa shape index (κ3) is 16.2. The highest BCUT2D eigenvalue weighted by Gasteiger charge is 2.42. The number of benzene rings is 3. The summed E-state index contributed by atoms with van der Waals surface area (Å²) in [7, 11) is 0. The molecule has 0 spiro atoms. The highest BCUT2D eigenvalue weighted by molar-refractivity contribution is 6.23. The molecule has 418 valence electrons. The third-order valence-corrected chi connectivity index (χ3v) is 13.0. The summed E-state index contributed by atoms with van der Waals surface area (Å²) < 4.78 is 4.73. The zero-order valence-corrected chi connectivity index (χ0v) is 41.8. The number of hydrogen-bond acceptors (Lipinski definition) is 16. The molecule has 22 nitrogen and oxygen atoms in total. The average molecular weight is 1070 g/mol. The first kappa shape index (κ1) is 63.8. The third-order valence-electron chi connectivity index (χ3n) is 13.0. The molecule has 5 aliphatic heterocycles. The van der Waals surface area contributed by atoms with Crippen molar-refractivity contribution in [2.75, 3.05) is 59.1 Å². The summed E-state index contributed by atoms with van der Waals surface area (Å²) in [5.41, 5.74) is 2.10. The largest absolute Gasteiger partial charge is 0.481 e. The van der Waals surface area contributed by atoms with Crippen molar-refractivity contribution in [2.45, 2.75) is 105 Å². The van der Waals surface area contributed by atoms with Crippen molar-refractivity contribution in [3.8, 4) is 0 Å². The number of esters is 1. The first-order valence-corrected chi connectivity index (χ1v) is 24.7. The molecule has 5 heterocycles. The number of β-amino-alcohol motifs (C(OH)–C–C–N with tert-alkyl or cyclic N) is 1. The summed E-state index contributed by atoms with van der Waals surface area (Å²) in [4.78, 5) is 135. The number of amides is 8. The van der Waals surface area contributed by atoms with E-state index in [9.17, 15) is 68.1 Å². The number of ketones is 1. The number of imide groups is 3. The number of carbonyl (C=O) groups is 11. The van der Waals surface area contributed by atoms with Crippen LogP contribution in [0.3, 0.4) is 0 Å². The molecule has 0 bridgehead atoms.